The molecule has 11 heteroatoms. The Bertz CT molecular complexity index is 1130. The molecule has 2 heterocycles. The molecule has 33 heavy (non-hydrogen) atoms. The van der Waals surface area contributed by atoms with Gasteiger partial charge in [-0.25, -0.2) is 0 Å². The molecular formula is C22H17F3N2O6. The lowest BCUT2D eigenvalue weighted by Crippen LogP contribution is -2.55. The molecule has 1 N–H and O–H groups in total. The van der Waals surface area contributed by atoms with Crippen molar-refractivity contribution in [2.45, 2.75) is 24.7 Å². The SMILES string of the molecule is O=C(CCOC1(C(F)(F)F)c2ccccc2C(=O)N1O)CCN1C(=O)c2ccccc2C1=O. The van der Waals surface area contributed by atoms with Crippen LogP contribution in [0.5, 0.6) is 0 Å². The Morgan fingerprint density at radius 1 is 0.879 bits per heavy atom. The van der Waals surface area contributed by atoms with Gasteiger partial charge in [0.25, 0.3) is 23.4 Å². The van der Waals surface area contributed by atoms with E-state index in [1.807, 2.05) is 0 Å². The molecule has 2 aliphatic rings. The van der Waals surface area contributed by atoms with Crippen molar-refractivity contribution >= 4 is 23.5 Å². The van der Waals surface area contributed by atoms with Crippen molar-refractivity contribution in [3.63, 3.8) is 0 Å². The first kappa shape index (κ1) is 22.6. The maximum Gasteiger partial charge on any atom is 0.443 e. The van der Waals surface area contributed by atoms with Gasteiger partial charge in [0, 0.05) is 24.9 Å². The summed E-state index contributed by atoms with van der Waals surface area (Å²) in [7, 11) is 0. The molecule has 2 aromatic carbocycles. The predicted molar refractivity (Wildman–Crippen MR) is 104 cm³/mol. The summed E-state index contributed by atoms with van der Waals surface area (Å²) in [6.07, 6.45) is -5.98. The molecule has 4 rings (SSSR count). The summed E-state index contributed by atoms with van der Waals surface area (Å²) in [4.78, 5) is 49.9. The fourth-order valence-electron chi connectivity index (χ4n) is 3.95. The number of rotatable bonds is 7. The quantitative estimate of drug-likeness (QED) is 0.501. The van der Waals surface area contributed by atoms with Gasteiger partial charge in [-0.1, -0.05) is 30.3 Å². The summed E-state index contributed by atoms with van der Waals surface area (Å²) in [6, 6.07) is 10.9. The zero-order valence-electron chi connectivity index (χ0n) is 17.0. The number of hydrogen-bond acceptors (Lipinski definition) is 6. The molecule has 3 amide bonds. The summed E-state index contributed by atoms with van der Waals surface area (Å²) < 4.78 is 46.9. The van der Waals surface area contributed by atoms with Crippen molar-refractivity contribution in [1.82, 2.24) is 9.96 Å². The number of carbonyl (C=O) groups excluding carboxylic acids is 4. The van der Waals surface area contributed by atoms with Crippen LogP contribution in [0.2, 0.25) is 0 Å². The van der Waals surface area contributed by atoms with Crippen LogP contribution in [0.4, 0.5) is 13.2 Å². The molecule has 0 radical (unpaired) electrons. The zero-order chi connectivity index (χ0) is 24.0. The molecular weight excluding hydrogens is 445 g/mol. The highest BCUT2D eigenvalue weighted by Gasteiger charge is 2.68. The number of alkyl halides is 3. The highest BCUT2D eigenvalue weighted by atomic mass is 19.4. The molecule has 8 nitrogen and oxygen atoms in total. The number of ketones is 1. The van der Waals surface area contributed by atoms with Crippen molar-refractivity contribution in [3.8, 4) is 0 Å². The van der Waals surface area contributed by atoms with Crippen LogP contribution in [-0.2, 0) is 15.3 Å². The number of halogens is 3. The lowest BCUT2D eigenvalue weighted by atomic mass is 10.0. The van der Waals surface area contributed by atoms with Crippen LogP contribution in [0.3, 0.4) is 0 Å². The number of benzene rings is 2. The van der Waals surface area contributed by atoms with E-state index < -0.39 is 59.1 Å². The second-order valence-corrected chi connectivity index (χ2v) is 7.50. The fraction of sp³-hybridized carbons (Fsp3) is 0.273. The van der Waals surface area contributed by atoms with Crippen molar-refractivity contribution in [2.75, 3.05) is 13.2 Å². The number of hydroxylamine groups is 2. The molecule has 1 atom stereocenters. The van der Waals surface area contributed by atoms with Gasteiger partial charge in [-0.3, -0.25) is 29.3 Å². The van der Waals surface area contributed by atoms with Crippen LogP contribution in [-0.4, -0.2) is 58.0 Å². The molecule has 0 saturated heterocycles. The van der Waals surface area contributed by atoms with Crippen molar-refractivity contribution in [2.24, 2.45) is 0 Å². The number of Topliss-reactive ketones (excluding diaryl/α,β-unsaturated/α-hetero) is 1. The number of amides is 3. The molecule has 0 spiro atoms. The summed E-state index contributed by atoms with van der Waals surface area (Å²) in [5, 5.41) is 9.48. The van der Waals surface area contributed by atoms with Crippen molar-refractivity contribution in [1.29, 1.82) is 0 Å². The lowest BCUT2D eigenvalue weighted by molar-refractivity contribution is -0.377. The van der Waals surface area contributed by atoms with Gasteiger partial charge in [0.05, 0.1) is 23.3 Å². The molecule has 172 valence electrons. The third kappa shape index (κ3) is 3.49. The molecule has 0 saturated carbocycles. The van der Waals surface area contributed by atoms with Gasteiger partial charge in [0.15, 0.2) is 0 Å². The first-order valence-corrected chi connectivity index (χ1v) is 9.90. The zero-order valence-corrected chi connectivity index (χ0v) is 17.0. The van der Waals surface area contributed by atoms with Crippen LogP contribution in [0, 0.1) is 0 Å². The van der Waals surface area contributed by atoms with Gasteiger partial charge in [-0.2, -0.15) is 18.2 Å². The van der Waals surface area contributed by atoms with Crippen molar-refractivity contribution in [3.05, 3.63) is 70.8 Å². The third-order valence-electron chi connectivity index (χ3n) is 5.58. The smallest absolute Gasteiger partial charge is 0.342 e. The van der Waals surface area contributed by atoms with E-state index in [1.165, 1.54) is 24.3 Å². The Morgan fingerprint density at radius 2 is 1.42 bits per heavy atom. The molecule has 1 unspecified atom stereocenters. The van der Waals surface area contributed by atoms with E-state index in [4.69, 9.17) is 4.74 Å². The van der Waals surface area contributed by atoms with Gasteiger partial charge in [0.1, 0.15) is 5.78 Å². The van der Waals surface area contributed by atoms with Gasteiger partial charge >= 0.3 is 6.18 Å². The number of carbonyl (C=O) groups is 4. The minimum Gasteiger partial charge on any atom is -0.342 e. The molecule has 0 aromatic heterocycles. The van der Waals surface area contributed by atoms with Gasteiger partial charge < -0.3 is 4.74 Å². The van der Waals surface area contributed by atoms with Gasteiger partial charge in [0.2, 0.25) is 0 Å². The van der Waals surface area contributed by atoms with Gasteiger partial charge in [-0.05, 0) is 18.2 Å². The Kier molecular flexibility index (Phi) is 5.54. The Labute approximate surface area is 185 Å². The minimum absolute atomic E-state index is 0.220. The number of ether oxygens (including phenoxy) is 1. The maximum atomic E-state index is 14.0. The summed E-state index contributed by atoms with van der Waals surface area (Å²) in [5.74, 6) is -2.94. The van der Waals surface area contributed by atoms with E-state index in [1.54, 1.807) is 12.1 Å². The van der Waals surface area contributed by atoms with E-state index in [-0.39, 0.29) is 29.7 Å². The van der Waals surface area contributed by atoms with E-state index in [0.29, 0.717) is 0 Å². The summed E-state index contributed by atoms with van der Waals surface area (Å²) in [5.41, 5.74) is -3.95. The summed E-state index contributed by atoms with van der Waals surface area (Å²) >= 11 is 0. The second-order valence-electron chi connectivity index (χ2n) is 7.50. The Morgan fingerprint density at radius 3 is 2.00 bits per heavy atom. The van der Waals surface area contributed by atoms with Crippen LogP contribution in [0.15, 0.2) is 48.5 Å². The molecule has 0 aliphatic carbocycles. The molecule has 0 fully saturated rings. The number of hydrogen-bond donors (Lipinski definition) is 1. The highest BCUT2D eigenvalue weighted by molar-refractivity contribution is 6.21. The van der Waals surface area contributed by atoms with Crippen LogP contribution in [0.25, 0.3) is 0 Å². The maximum absolute atomic E-state index is 14.0. The molecule has 0 bridgehead atoms. The van der Waals surface area contributed by atoms with E-state index >= 15 is 0 Å². The largest absolute Gasteiger partial charge is 0.443 e. The second kappa shape index (κ2) is 8.09. The lowest BCUT2D eigenvalue weighted by Gasteiger charge is -2.36. The fourth-order valence-corrected chi connectivity index (χ4v) is 3.95. The first-order chi connectivity index (χ1) is 15.6. The number of fused-ring (bicyclic) bond motifs is 2. The predicted octanol–water partition coefficient (Wildman–Crippen LogP) is 2.91. The Balaban J connectivity index is 1.40. The van der Waals surface area contributed by atoms with E-state index in [2.05, 4.69) is 0 Å². The van der Waals surface area contributed by atoms with E-state index in [9.17, 15) is 37.6 Å². The highest BCUT2D eigenvalue weighted by Crippen LogP contribution is 2.49. The monoisotopic (exact) mass is 462 g/mol. The number of imide groups is 1. The topological polar surface area (TPSA) is 104 Å². The minimum atomic E-state index is -5.20. The molecule has 2 aromatic rings. The van der Waals surface area contributed by atoms with Crippen molar-refractivity contribution < 1.29 is 42.3 Å². The average molecular weight is 462 g/mol. The average Bonchev–Trinajstić information content (AvgIpc) is 3.16. The van der Waals surface area contributed by atoms with Gasteiger partial charge in [-0.15, -0.1) is 0 Å². The standard InChI is InChI=1S/C22H17F3N2O6/c23-22(24,25)21(17-8-4-3-7-16(17)20(31)27(21)32)33-12-10-13(28)9-11-26-18(29)14-5-1-2-6-15(14)19(26)30/h1-8,32H,9-12H2. The first-order valence-electron chi connectivity index (χ1n) is 9.90. The number of nitrogens with zero attached hydrogens (tertiary/aromatic N) is 2. The molecule has 2 aliphatic heterocycles. The van der Waals surface area contributed by atoms with Crippen LogP contribution in [0.1, 0.15) is 49.5 Å². The third-order valence-corrected chi connectivity index (χ3v) is 5.58. The van der Waals surface area contributed by atoms with Crippen LogP contribution >= 0.6 is 0 Å². The Hall–Kier alpha value is -3.57. The normalized spacial score (nSPS) is 19.8. The summed E-state index contributed by atoms with van der Waals surface area (Å²) in [6.45, 7) is -0.998. The van der Waals surface area contributed by atoms with Crippen LogP contribution < -0.4 is 0 Å². The van der Waals surface area contributed by atoms with E-state index in [0.717, 1.165) is 17.0 Å².